The molecule has 224 valence electrons. The third-order valence-electron chi connectivity index (χ3n) is 8.85. The number of methoxy groups -OCH3 is 1. The summed E-state index contributed by atoms with van der Waals surface area (Å²) in [5, 5.41) is 7.26. The zero-order valence-electron chi connectivity index (χ0n) is 25.2. The van der Waals surface area contributed by atoms with Crippen molar-refractivity contribution in [3.8, 4) is 0 Å². The lowest BCUT2D eigenvalue weighted by Crippen LogP contribution is -2.54. The van der Waals surface area contributed by atoms with Gasteiger partial charge in [0.15, 0.2) is 0 Å². The number of nitrogens with zero attached hydrogens (tertiary/aromatic N) is 3. The van der Waals surface area contributed by atoms with Crippen LogP contribution in [0, 0.1) is 13.8 Å². The van der Waals surface area contributed by atoms with Gasteiger partial charge in [-0.1, -0.05) is 29.9 Å². The molecule has 0 unspecified atom stereocenters. The molecule has 9 nitrogen and oxygen atoms in total. The molecule has 0 spiro atoms. The Labute approximate surface area is 244 Å². The van der Waals surface area contributed by atoms with Crippen LogP contribution in [0.3, 0.4) is 0 Å². The highest BCUT2D eigenvalue weighted by atomic mass is 16.5. The van der Waals surface area contributed by atoms with Crippen LogP contribution in [0.1, 0.15) is 73.7 Å². The molecule has 4 heterocycles. The lowest BCUT2D eigenvalue weighted by Gasteiger charge is -2.38. The molecule has 9 heteroatoms. The Morgan fingerprint density at radius 3 is 2.76 bits per heavy atom. The van der Waals surface area contributed by atoms with Crippen molar-refractivity contribution in [1.82, 2.24) is 20.2 Å². The number of carbonyl (C=O) groups is 1. The highest BCUT2D eigenvalue weighted by molar-refractivity contribution is 5.94. The second-order valence-electron chi connectivity index (χ2n) is 11.9. The molecule has 2 N–H and O–H groups in total. The van der Waals surface area contributed by atoms with E-state index in [0.29, 0.717) is 49.8 Å². The van der Waals surface area contributed by atoms with Gasteiger partial charge >= 0.3 is 0 Å². The number of anilines is 1. The Balaban J connectivity index is 1.16. The van der Waals surface area contributed by atoms with E-state index in [9.17, 15) is 4.79 Å². The molecule has 41 heavy (non-hydrogen) atoms. The molecule has 0 bridgehead atoms. The predicted octanol–water partition coefficient (Wildman–Crippen LogP) is 4.27. The normalized spacial score (nSPS) is 27.7. The van der Waals surface area contributed by atoms with Crippen molar-refractivity contribution in [3.63, 3.8) is 0 Å². The molecule has 1 aromatic heterocycles. The maximum absolute atomic E-state index is 13.6. The highest BCUT2D eigenvalue weighted by Crippen LogP contribution is 2.28. The molecule has 4 atom stereocenters. The van der Waals surface area contributed by atoms with Gasteiger partial charge in [-0.15, -0.1) is 0 Å². The molecule has 0 aromatic carbocycles. The third kappa shape index (κ3) is 7.63. The summed E-state index contributed by atoms with van der Waals surface area (Å²) >= 11 is 0. The SMILES string of the molecule is CO[C@H]1COCC[C@H]1NC1CCN(C(=O)c2nc(C)nc(NC[C@H]3CCC[C@@H](C4=CCC(C)=CC=C4)O3)c2C)CC1. The Kier molecular flexibility index (Phi) is 10.2. The van der Waals surface area contributed by atoms with Gasteiger partial charge in [-0.3, -0.25) is 4.79 Å². The average molecular weight is 566 g/mol. The Bertz CT molecular complexity index is 1160. The molecule has 0 saturated carbocycles. The van der Waals surface area contributed by atoms with Crippen LogP contribution in [0.2, 0.25) is 0 Å². The van der Waals surface area contributed by atoms with Crippen LogP contribution in [0.4, 0.5) is 5.82 Å². The number of aryl methyl sites for hydroxylation is 1. The third-order valence-corrected chi connectivity index (χ3v) is 8.85. The highest BCUT2D eigenvalue weighted by Gasteiger charge is 2.31. The molecular formula is C32H47N5O4. The van der Waals surface area contributed by atoms with Gasteiger partial charge < -0.3 is 29.7 Å². The van der Waals surface area contributed by atoms with Crippen LogP contribution < -0.4 is 10.6 Å². The molecule has 1 aliphatic carbocycles. The molecular weight excluding hydrogens is 518 g/mol. The molecule has 3 aliphatic heterocycles. The van der Waals surface area contributed by atoms with Crippen molar-refractivity contribution < 1.29 is 19.0 Å². The van der Waals surface area contributed by atoms with E-state index in [1.807, 2.05) is 18.7 Å². The summed E-state index contributed by atoms with van der Waals surface area (Å²) in [5.74, 6) is 1.31. The van der Waals surface area contributed by atoms with E-state index in [2.05, 4.69) is 51.8 Å². The number of hydrogen-bond acceptors (Lipinski definition) is 8. The number of amides is 1. The number of hydrogen-bond donors (Lipinski definition) is 2. The van der Waals surface area contributed by atoms with Gasteiger partial charge in [0.1, 0.15) is 17.3 Å². The fraction of sp³-hybridized carbons (Fsp3) is 0.656. The minimum Gasteiger partial charge on any atom is -0.379 e. The zero-order chi connectivity index (χ0) is 28.8. The maximum atomic E-state index is 13.6. The minimum absolute atomic E-state index is 0.0136. The lowest BCUT2D eigenvalue weighted by atomic mass is 9.97. The topological polar surface area (TPSA) is 97.8 Å². The summed E-state index contributed by atoms with van der Waals surface area (Å²) in [4.78, 5) is 24.8. The van der Waals surface area contributed by atoms with E-state index in [0.717, 1.165) is 62.9 Å². The van der Waals surface area contributed by atoms with Crippen LogP contribution >= 0.6 is 0 Å². The summed E-state index contributed by atoms with van der Waals surface area (Å²) < 4.78 is 17.7. The summed E-state index contributed by atoms with van der Waals surface area (Å²) in [5.41, 5.74) is 3.93. The van der Waals surface area contributed by atoms with E-state index in [-0.39, 0.29) is 24.2 Å². The Morgan fingerprint density at radius 2 is 1.95 bits per heavy atom. The van der Waals surface area contributed by atoms with Crippen molar-refractivity contribution in [3.05, 3.63) is 52.5 Å². The van der Waals surface area contributed by atoms with E-state index in [1.165, 1.54) is 11.1 Å². The van der Waals surface area contributed by atoms with Crippen molar-refractivity contribution in [2.75, 3.05) is 45.3 Å². The molecule has 5 rings (SSSR count). The Morgan fingerprint density at radius 1 is 1.12 bits per heavy atom. The summed E-state index contributed by atoms with van der Waals surface area (Å²) in [7, 11) is 1.75. The van der Waals surface area contributed by atoms with Gasteiger partial charge in [0.2, 0.25) is 0 Å². The fourth-order valence-corrected chi connectivity index (χ4v) is 6.33. The number of aromatic nitrogens is 2. The smallest absolute Gasteiger partial charge is 0.272 e. The number of nitrogens with one attached hydrogen (secondary N) is 2. The van der Waals surface area contributed by atoms with Crippen molar-refractivity contribution in [2.45, 2.75) is 96.1 Å². The summed E-state index contributed by atoms with van der Waals surface area (Å²) in [6.07, 6.45) is 16.0. The predicted molar refractivity (Wildman–Crippen MR) is 160 cm³/mol. The Hall–Kier alpha value is -2.59. The number of piperidine rings is 1. The van der Waals surface area contributed by atoms with Gasteiger partial charge in [0.05, 0.1) is 24.9 Å². The number of carbonyl (C=O) groups excluding carboxylic acids is 1. The molecule has 0 radical (unpaired) electrons. The first kappa shape index (κ1) is 29.9. The van der Waals surface area contributed by atoms with E-state index < -0.39 is 0 Å². The number of ether oxygens (including phenoxy) is 3. The minimum atomic E-state index is -0.0136. The van der Waals surface area contributed by atoms with Gasteiger partial charge in [0.25, 0.3) is 5.91 Å². The fourth-order valence-electron chi connectivity index (χ4n) is 6.33. The number of rotatable bonds is 8. The first-order valence-electron chi connectivity index (χ1n) is 15.4. The van der Waals surface area contributed by atoms with E-state index >= 15 is 0 Å². The van der Waals surface area contributed by atoms with Gasteiger partial charge in [-0.05, 0) is 71.3 Å². The monoisotopic (exact) mass is 565 g/mol. The van der Waals surface area contributed by atoms with E-state index in [1.54, 1.807) is 7.11 Å². The van der Waals surface area contributed by atoms with Crippen LogP contribution in [-0.4, -0.2) is 91.1 Å². The quantitative estimate of drug-likeness (QED) is 0.482. The van der Waals surface area contributed by atoms with Gasteiger partial charge in [0, 0.05) is 51.0 Å². The summed E-state index contributed by atoms with van der Waals surface area (Å²) in [6.45, 7) is 9.42. The second kappa shape index (κ2) is 14.1. The van der Waals surface area contributed by atoms with Gasteiger partial charge in [-0.2, -0.15) is 0 Å². The van der Waals surface area contributed by atoms with Crippen LogP contribution in [0.25, 0.3) is 0 Å². The summed E-state index contributed by atoms with van der Waals surface area (Å²) in [6, 6.07) is 0.667. The van der Waals surface area contributed by atoms with Crippen LogP contribution in [0.5, 0.6) is 0 Å². The molecule has 4 aliphatic rings. The largest absolute Gasteiger partial charge is 0.379 e. The molecule has 1 aromatic rings. The van der Waals surface area contributed by atoms with Crippen molar-refractivity contribution >= 4 is 11.7 Å². The van der Waals surface area contributed by atoms with E-state index in [4.69, 9.17) is 14.2 Å². The maximum Gasteiger partial charge on any atom is 0.272 e. The van der Waals surface area contributed by atoms with Crippen molar-refractivity contribution in [1.29, 1.82) is 0 Å². The van der Waals surface area contributed by atoms with Crippen LogP contribution in [-0.2, 0) is 14.2 Å². The lowest BCUT2D eigenvalue weighted by molar-refractivity contribution is -0.0533. The first-order valence-corrected chi connectivity index (χ1v) is 15.4. The van der Waals surface area contributed by atoms with Crippen molar-refractivity contribution in [2.24, 2.45) is 0 Å². The second-order valence-corrected chi connectivity index (χ2v) is 11.9. The molecule has 3 fully saturated rings. The standard InChI is InChI=1S/C32H47N5O4/c1-21-7-5-8-24(12-11-21)28-10-6-9-26(41-28)19-33-31-22(2)30(34-23(3)35-31)32(38)37-16-13-25(14-17-37)36-27-15-18-40-20-29(27)39-4/h5,7-8,12,25-29,36H,6,9-11,13-20H2,1-4H3,(H,33,34,35)/t26-,27-,28+,29+/m1/s1. The molecule has 3 saturated heterocycles. The molecule has 1 amide bonds. The number of likely N-dealkylation sites (tertiary alicyclic amines) is 1. The van der Waals surface area contributed by atoms with Crippen LogP contribution in [0.15, 0.2) is 35.5 Å². The zero-order valence-corrected chi connectivity index (χ0v) is 25.2. The average Bonchev–Trinajstić information content (AvgIpc) is 3.22. The van der Waals surface area contributed by atoms with Gasteiger partial charge in [-0.25, -0.2) is 9.97 Å². The number of allylic oxidation sites excluding steroid dienone is 4. The first-order chi connectivity index (χ1) is 19.9.